The second-order valence-corrected chi connectivity index (χ2v) is 5.94. The zero-order chi connectivity index (χ0) is 14.6. The van der Waals surface area contributed by atoms with E-state index in [0.717, 1.165) is 5.69 Å². The lowest BCUT2D eigenvalue weighted by molar-refractivity contribution is 0.577. The summed E-state index contributed by atoms with van der Waals surface area (Å²) in [5, 5.41) is 6.97. The van der Waals surface area contributed by atoms with Gasteiger partial charge in [0.25, 0.3) is 0 Å². The summed E-state index contributed by atoms with van der Waals surface area (Å²) in [6, 6.07) is 4.74. The molecule has 2 N–H and O–H groups in total. The van der Waals surface area contributed by atoms with Crippen LogP contribution in [0.4, 0.5) is 5.82 Å². The summed E-state index contributed by atoms with van der Waals surface area (Å²) in [4.78, 5) is 4.24. The molecule has 2 rings (SSSR count). The van der Waals surface area contributed by atoms with Crippen molar-refractivity contribution in [2.24, 2.45) is 7.05 Å². The van der Waals surface area contributed by atoms with Crippen LogP contribution in [-0.2, 0) is 23.6 Å². The lowest BCUT2D eigenvalue weighted by Gasteiger charge is -2.08. The number of hydrogen-bond acceptors (Lipinski definition) is 5. The van der Waals surface area contributed by atoms with Crippen LogP contribution in [0.2, 0.25) is 0 Å². The number of nitrogens with one attached hydrogen (secondary N) is 2. The lowest BCUT2D eigenvalue weighted by atomic mass is 10.4. The Labute approximate surface area is 118 Å². The van der Waals surface area contributed by atoms with Crippen molar-refractivity contribution in [3.8, 4) is 0 Å². The Balaban J connectivity index is 2.14. The van der Waals surface area contributed by atoms with E-state index in [9.17, 15) is 8.42 Å². The second-order valence-electron chi connectivity index (χ2n) is 4.18. The SMILES string of the molecule is CCNc1cc(S(=O)(=O)NCc2ccnn2C)ccn1. The molecule has 0 aromatic carbocycles. The van der Waals surface area contributed by atoms with Crippen LogP contribution in [0.25, 0.3) is 0 Å². The van der Waals surface area contributed by atoms with Crippen LogP contribution in [0, 0.1) is 0 Å². The summed E-state index contributed by atoms with van der Waals surface area (Å²) >= 11 is 0. The highest BCUT2D eigenvalue weighted by atomic mass is 32.2. The third kappa shape index (κ3) is 3.34. The average molecular weight is 295 g/mol. The Morgan fingerprint density at radius 3 is 2.75 bits per heavy atom. The molecule has 0 atom stereocenters. The standard InChI is InChI=1S/C12H17N5O2S/c1-3-13-12-8-11(5-6-14-12)20(18,19)16-9-10-4-7-15-17(10)2/h4-8,16H,3,9H2,1-2H3,(H,13,14). The number of sulfonamides is 1. The third-order valence-electron chi connectivity index (χ3n) is 2.77. The molecule has 0 aliphatic rings. The van der Waals surface area contributed by atoms with Gasteiger partial charge in [-0.05, 0) is 19.1 Å². The zero-order valence-electron chi connectivity index (χ0n) is 11.4. The minimum atomic E-state index is -3.57. The van der Waals surface area contributed by atoms with Gasteiger partial charge in [0.15, 0.2) is 0 Å². The molecule has 0 saturated carbocycles. The van der Waals surface area contributed by atoms with E-state index in [1.165, 1.54) is 18.3 Å². The van der Waals surface area contributed by atoms with Gasteiger partial charge in [-0.25, -0.2) is 18.1 Å². The quantitative estimate of drug-likeness (QED) is 0.820. The van der Waals surface area contributed by atoms with Gasteiger partial charge in [-0.1, -0.05) is 0 Å². The minimum absolute atomic E-state index is 0.186. The molecule has 0 amide bonds. The first-order valence-corrected chi connectivity index (χ1v) is 7.67. The summed E-state index contributed by atoms with van der Waals surface area (Å²) in [6.45, 7) is 2.79. The van der Waals surface area contributed by atoms with Crippen molar-refractivity contribution in [3.63, 3.8) is 0 Å². The molecule has 108 valence electrons. The number of pyridine rings is 1. The molecule has 0 radical (unpaired) electrons. The zero-order valence-corrected chi connectivity index (χ0v) is 12.2. The van der Waals surface area contributed by atoms with E-state index in [4.69, 9.17) is 0 Å². The fourth-order valence-electron chi connectivity index (χ4n) is 1.68. The Kier molecular flexibility index (Phi) is 4.35. The molecule has 8 heteroatoms. The predicted octanol–water partition coefficient (Wildman–Crippen LogP) is 0.725. The fourth-order valence-corrected chi connectivity index (χ4v) is 2.69. The van der Waals surface area contributed by atoms with E-state index >= 15 is 0 Å². The van der Waals surface area contributed by atoms with E-state index < -0.39 is 10.0 Å². The summed E-state index contributed by atoms with van der Waals surface area (Å²) in [6.07, 6.45) is 3.09. The van der Waals surface area contributed by atoms with Gasteiger partial charge < -0.3 is 5.32 Å². The molecule has 2 heterocycles. The van der Waals surface area contributed by atoms with Gasteiger partial charge in [-0.3, -0.25) is 4.68 Å². The van der Waals surface area contributed by atoms with Crippen molar-refractivity contribution in [2.45, 2.75) is 18.4 Å². The Bertz CT molecular complexity index is 681. The Hall–Kier alpha value is -1.93. The smallest absolute Gasteiger partial charge is 0.241 e. The van der Waals surface area contributed by atoms with E-state index in [0.29, 0.717) is 12.4 Å². The highest BCUT2D eigenvalue weighted by Gasteiger charge is 2.15. The van der Waals surface area contributed by atoms with Crippen LogP contribution in [0.5, 0.6) is 0 Å². The normalized spacial score (nSPS) is 11.5. The van der Waals surface area contributed by atoms with Crippen LogP contribution in [0.1, 0.15) is 12.6 Å². The molecule has 0 spiro atoms. The maximum atomic E-state index is 12.2. The number of aromatic nitrogens is 3. The summed E-state index contributed by atoms with van der Waals surface area (Å²) in [5.41, 5.74) is 0.787. The van der Waals surface area contributed by atoms with Crippen molar-refractivity contribution in [3.05, 3.63) is 36.3 Å². The molecule has 0 fully saturated rings. The number of aryl methyl sites for hydroxylation is 1. The van der Waals surface area contributed by atoms with Gasteiger partial charge in [-0.2, -0.15) is 5.10 Å². The highest BCUT2D eigenvalue weighted by Crippen LogP contribution is 2.13. The highest BCUT2D eigenvalue weighted by molar-refractivity contribution is 7.89. The number of anilines is 1. The van der Waals surface area contributed by atoms with Crippen LogP contribution in [0.15, 0.2) is 35.5 Å². The largest absolute Gasteiger partial charge is 0.370 e. The van der Waals surface area contributed by atoms with Gasteiger partial charge in [0.1, 0.15) is 5.82 Å². The molecular formula is C12H17N5O2S. The first-order valence-electron chi connectivity index (χ1n) is 6.19. The van der Waals surface area contributed by atoms with Crippen molar-refractivity contribution in [1.82, 2.24) is 19.5 Å². The van der Waals surface area contributed by atoms with Gasteiger partial charge in [0.05, 0.1) is 17.1 Å². The third-order valence-corrected chi connectivity index (χ3v) is 4.16. The monoisotopic (exact) mass is 295 g/mol. The topological polar surface area (TPSA) is 88.9 Å². The number of nitrogens with zero attached hydrogens (tertiary/aromatic N) is 3. The van der Waals surface area contributed by atoms with E-state index in [1.54, 1.807) is 24.0 Å². The summed E-state index contributed by atoms with van der Waals surface area (Å²) in [7, 11) is -1.80. The number of hydrogen-bond donors (Lipinski definition) is 2. The van der Waals surface area contributed by atoms with E-state index in [2.05, 4.69) is 20.1 Å². The first kappa shape index (κ1) is 14.5. The maximum absolute atomic E-state index is 12.2. The fraction of sp³-hybridized carbons (Fsp3) is 0.333. The van der Waals surface area contributed by atoms with Gasteiger partial charge >= 0.3 is 0 Å². The molecule has 2 aromatic rings. The van der Waals surface area contributed by atoms with Crippen LogP contribution >= 0.6 is 0 Å². The van der Waals surface area contributed by atoms with Crippen LogP contribution in [0.3, 0.4) is 0 Å². The summed E-state index contributed by atoms with van der Waals surface area (Å²) in [5.74, 6) is 0.538. The maximum Gasteiger partial charge on any atom is 0.241 e. The molecule has 2 aromatic heterocycles. The Morgan fingerprint density at radius 1 is 1.30 bits per heavy atom. The predicted molar refractivity (Wildman–Crippen MR) is 75.6 cm³/mol. The van der Waals surface area contributed by atoms with Crippen LogP contribution in [-0.4, -0.2) is 29.7 Å². The molecule has 0 bridgehead atoms. The van der Waals surface area contributed by atoms with Crippen molar-refractivity contribution in [2.75, 3.05) is 11.9 Å². The minimum Gasteiger partial charge on any atom is -0.370 e. The second kappa shape index (κ2) is 6.02. The molecule has 0 aliphatic heterocycles. The molecule has 7 nitrogen and oxygen atoms in total. The van der Waals surface area contributed by atoms with E-state index in [1.807, 2.05) is 6.92 Å². The van der Waals surface area contributed by atoms with Crippen molar-refractivity contribution < 1.29 is 8.42 Å². The molecule has 0 aliphatic carbocycles. The van der Waals surface area contributed by atoms with Crippen LogP contribution < -0.4 is 10.0 Å². The summed E-state index contributed by atoms with van der Waals surface area (Å²) < 4.78 is 28.6. The number of rotatable bonds is 6. The lowest BCUT2D eigenvalue weighted by Crippen LogP contribution is -2.24. The molecule has 0 saturated heterocycles. The molecule has 0 unspecified atom stereocenters. The molecular weight excluding hydrogens is 278 g/mol. The van der Waals surface area contributed by atoms with Crippen molar-refractivity contribution >= 4 is 15.8 Å². The Morgan fingerprint density at radius 2 is 2.10 bits per heavy atom. The molecule has 20 heavy (non-hydrogen) atoms. The van der Waals surface area contributed by atoms with Crippen molar-refractivity contribution in [1.29, 1.82) is 0 Å². The van der Waals surface area contributed by atoms with E-state index in [-0.39, 0.29) is 11.4 Å². The first-order chi connectivity index (χ1) is 9.53. The van der Waals surface area contributed by atoms with Gasteiger partial charge in [-0.15, -0.1) is 0 Å². The van der Waals surface area contributed by atoms with Gasteiger partial charge in [0, 0.05) is 32.1 Å². The van der Waals surface area contributed by atoms with Gasteiger partial charge in [0.2, 0.25) is 10.0 Å². The average Bonchev–Trinajstić information content (AvgIpc) is 2.83.